The molecule has 11 rings (SSSR count). The Kier molecular flexibility index (Phi) is 12.0. The Morgan fingerprint density at radius 2 is 1.00 bits per heavy atom. The molecule has 9 aromatic rings. The molecule has 380 valence electrons. The number of anilines is 6. The van der Waals surface area contributed by atoms with Crippen LogP contribution < -0.4 is 26.2 Å². The minimum absolute atomic E-state index is 0.00611. The van der Waals surface area contributed by atoms with E-state index < -0.39 is 0 Å². The van der Waals surface area contributed by atoms with Crippen LogP contribution in [0.25, 0.3) is 38.6 Å². The second-order valence-electron chi connectivity index (χ2n) is 25.1. The second kappa shape index (κ2) is 18.0. The third kappa shape index (κ3) is 8.10. The largest absolute Gasteiger partial charge is 0.311 e. The first-order valence-corrected chi connectivity index (χ1v) is 27.4. The summed E-state index contributed by atoms with van der Waals surface area (Å²) in [6, 6.07) is 55.7. The van der Waals surface area contributed by atoms with Gasteiger partial charge in [0.05, 0.1) is 22.4 Å². The van der Waals surface area contributed by atoms with E-state index in [9.17, 15) is 0 Å². The van der Waals surface area contributed by atoms with Gasteiger partial charge in [0.1, 0.15) is 0 Å². The maximum Gasteiger partial charge on any atom is 0.252 e. The van der Waals surface area contributed by atoms with E-state index >= 15 is 0 Å². The topological polar surface area (TPSA) is 11.4 Å². The number of hydrogen-bond acceptors (Lipinski definition) is 2. The van der Waals surface area contributed by atoms with Crippen molar-refractivity contribution in [1.29, 1.82) is 0 Å². The molecule has 2 aliphatic rings. The molecule has 3 nitrogen and oxygen atoms in total. The Morgan fingerprint density at radius 3 is 1.59 bits per heavy atom. The van der Waals surface area contributed by atoms with Gasteiger partial charge in [-0.05, 0) is 201 Å². The van der Waals surface area contributed by atoms with Crippen LogP contribution in [0.15, 0.2) is 170 Å². The maximum atomic E-state index is 4.66. The molecular weight excluding hydrogens is 918 g/mol. The minimum atomic E-state index is -0.173. The first-order chi connectivity index (χ1) is 36.0. The van der Waals surface area contributed by atoms with Gasteiger partial charge in [0, 0.05) is 39.2 Å². The van der Waals surface area contributed by atoms with Gasteiger partial charge in [0.15, 0.2) is 0 Å². The van der Waals surface area contributed by atoms with Gasteiger partial charge in [-0.15, -0.1) is 0 Å². The third-order valence-corrected chi connectivity index (χ3v) is 16.7. The first-order valence-electron chi connectivity index (χ1n) is 27.4. The summed E-state index contributed by atoms with van der Waals surface area (Å²) in [7, 11) is 0. The number of nitrogens with zero attached hydrogens (tertiary/aromatic N) is 3. The van der Waals surface area contributed by atoms with Crippen LogP contribution in [0.2, 0.25) is 0 Å². The summed E-state index contributed by atoms with van der Waals surface area (Å²) < 4.78 is 2.48. The standard InChI is InChI=1S/C72H74BN3/c1-18-55(48(7)49(8)56-29-23-22-26-43(56)2)50-34-44(3)68(45(4)35-50)76-64-42-63-58(57-30-24-25-31-61(57)74(63)54-27-20-19-21-28-54)41-60(64)73-59-38-51(70(9,10)11)32-33-62(59)75(65-39-53(72(15,16)17)40-66(76)67(65)73)69-46(5)36-52(37-47(69)6)71(12,13)14/h18-42H,1,8H2,2-7,9-17H3/b55-48+. The van der Waals surface area contributed by atoms with Gasteiger partial charge in [0.2, 0.25) is 0 Å². The van der Waals surface area contributed by atoms with Crippen molar-refractivity contribution in [2.24, 2.45) is 0 Å². The number of benzene rings is 8. The fourth-order valence-corrected chi connectivity index (χ4v) is 12.7. The normalized spacial score (nSPS) is 13.7. The number of aryl methyl sites for hydroxylation is 5. The number of para-hydroxylation sites is 2. The van der Waals surface area contributed by atoms with E-state index in [0.29, 0.717) is 0 Å². The zero-order chi connectivity index (χ0) is 54.1. The van der Waals surface area contributed by atoms with Crippen LogP contribution >= 0.6 is 0 Å². The summed E-state index contributed by atoms with van der Waals surface area (Å²) in [6.07, 6.45) is 2.02. The van der Waals surface area contributed by atoms with E-state index in [2.05, 4.69) is 277 Å². The Morgan fingerprint density at radius 1 is 0.474 bits per heavy atom. The zero-order valence-corrected chi connectivity index (χ0v) is 47.8. The summed E-state index contributed by atoms with van der Waals surface area (Å²) in [5.74, 6) is 0. The second-order valence-corrected chi connectivity index (χ2v) is 25.1. The minimum Gasteiger partial charge on any atom is -0.311 e. The van der Waals surface area contributed by atoms with E-state index in [0.717, 1.165) is 33.5 Å². The van der Waals surface area contributed by atoms with Crippen LogP contribution in [-0.4, -0.2) is 11.3 Å². The van der Waals surface area contributed by atoms with Crippen LogP contribution in [0, 0.1) is 34.6 Å². The zero-order valence-electron chi connectivity index (χ0n) is 47.8. The summed E-state index contributed by atoms with van der Waals surface area (Å²) in [6.45, 7) is 43.8. The van der Waals surface area contributed by atoms with Crippen LogP contribution in [0.4, 0.5) is 34.1 Å². The van der Waals surface area contributed by atoms with Crippen molar-refractivity contribution in [1.82, 2.24) is 4.57 Å². The molecule has 0 saturated heterocycles. The van der Waals surface area contributed by atoms with E-state index in [1.165, 1.54) is 117 Å². The van der Waals surface area contributed by atoms with Gasteiger partial charge in [-0.2, -0.15) is 0 Å². The molecule has 4 heteroatoms. The molecule has 76 heavy (non-hydrogen) atoms. The Balaban J connectivity index is 1.28. The van der Waals surface area contributed by atoms with Crippen molar-refractivity contribution in [3.8, 4) is 5.69 Å². The Bertz CT molecular complexity index is 3880. The van der Waals surface area contributed by atoms with Crippen molar-refractivity contribution in [3.05, 3.63) is 226 Å². The summed E-state index contributed by atoms with van der Waals surface area (Å²) in [5, 5.41) is 2.50. The third-order valence-electron chi connectivity index (χ3n) is 16.7. The van der Waals surface area contributed by atoms with Crippen LogP contribution in [0.3, 0.4) is 0 Å². The average molecular weight is 992 g/mol. The number of hydrogen-bond donors (Lipinski definition) is 0. The predicted octanol–water partition coefficient (Wildman–Crippen LogP) is 18.0. The summed E-state index contributed by atoms with van der Waals surface area (Å²) >= 11 is 0. The van der Waals surface area contributed by atoms with Crippen molar-refractivity contribution in [2.45, 2.75) is 120 Å². The number of aromatic nitrogens is 1. The van der Waals surface area contributed by atoms with Crippen molar-refractivity contribution < 1.29 is 0 Å². The van der Waals surface area contributed by atoms with Gasteiger partial charge >= 0.3 is 0 Å². The fourth-order valence-electron chi connectivity index (χ4n) is 12.7. The van der Waals surface area contributed by atoms with Crippen LogP contribution in [0.1, 0.15) is 125 Å². The lowest BCUT2D eigenvalue weighted by Crippen LogP contribution is -2.61. The number of allylic oxidation sites excluding steroid dienone is 4. The molecule has 2 aliphatic heterocycles. The molecule has 0 aliphatic carbocycles. The van der Waals surface area contributed by atoms with Crippen LogP contribution in [-0.2, 0) is 16.2 Å². The molecule has 8 aromatic carbocycles. The summed E-state index contributed by atoms with van der Waals surface area (Å²) in [4.78, 5) is 5.32. The van der Waals surface area contributed by atoms with Gasteiger partial charge in [-0.1, -0.05) is 173 Å². The highest BCUT2D eigenvalue weighted by atomic mass is 15.2. The molecule has 0 atom stereocenters. The van der Waals surface area contributed by atoms with Gasteiger partial charge in [0.25, 0.3) is 6.71 Å². The van der Waals surface area contributed by atoms with Crippen molar-refractivity contribution in [2.75, 3.05) is 9.80 Å². The molecule has 0 spiro atoms. The fraction of sp³-hybridized carbons (Fsp3) is 0.250. The van der Waals surface area contributed by atoms with E-state index in [-0.39, 0.29) is 23.0 Å². The van der Waals surface area contributed by atoms with Crippen molar-refractivity contribution in [3.63, 3.8) is 0 Å². The SMILES string of the molecule is C=C/C(=C(/C)C(=C)c1ccccc1C)c1cc(C)c(N2c3cc4c(cc3B3c5cc(C(C)(C)C)ccc5N(c5c(C)cc(C(C)(C)C)cc5C)c5cc(C(C)(C)C)cc2c53)c2ccccc2n4-c2ccccc2)c(C)c1. The molecule has 0 unspecified atom stereocenters. The highest BCUT2D eigenvalue weighted by Crippen LogP contribution is 2.51. The van der Waals surface area contributed by atoms with Crippen LogP contribution in [0.5, 0.6) is 0 Å². The van der Waals surface area contributed by atoms with E-state index in [1.807, 2.05) is 6.08 Å². The molecule has 3 heterocycles. The number of fused-ring (bicyclic) bond motifs is 7. The molecule has 0 radical (unpaired) electrons. The predicted molar refractivity (Wildman–Crippen MR) is 333 cm³/mol. The Hall–Kier alpha value is -7.56. The number of rotatable bonds is 7. The Labute approximate surface area is 454 Å². The van der Waals surface area contributed by atoms with Gasteiger partial charge in [-0.25, -0.2) is 0 Å². The van der Waals surface area contributed by atoms with E-state index in [1.54, 1.807) is 0 Å². The van der Waals surface area contributed by atoms with Crippen molar-refractivity contribution >= 4 is 90.2 Å². The smallest absolute Gasteiger partial charge is 0.252 e. The maximum absolute atomic E-state index is 4.66. The molecule has 1 aromatic heterocycles. The first kappa shape index (κ1) is 50.6. The quantitative estimate of drug-likeness (QED) is 0.116. The highest BCUT2D eigenvalue weighted by molar-refractivity contribution is 7.00. The molecular formula is C72H74BN3. The lowest BCUT2D eigenvalue weighted by molar-refractivity contribution is 0.589. The molecule has 0 bridgehead atoms. The van der Waals surface area contributed by atoms with E-state index in [4.69, 9.17) is 0 Å². The molecule has 0 amide bonds. The van der Waals surface area contributed by atoms with Gasteiger partial charge in [-0.3, -0.25) is 0 Å². The molecule has 0 N–H and O–H groups in total. The average Bonchev–Trinajstić information content (AvgIpc) is 3.74. The molecule has 0 saturated carbocycles. The summed E-state index contributed by atoms with van der Waals surface area (Å²) in [5.41, 5.74) is 30.3. The highest BCUT2D eigenvalue weighted by Gasteiger charge is 2.46. The van der Waals surface area contributed by atoms with Gasteiger partial charge < -0.3 is 14.4 Å². The lowest BCUT2D eigenvalue weighted by atomic mass is 9.33. The molecule has 0 fully saturated rings. The monoisotopic (exact) mass is 992 g/mol. The lowest BCUT2D eigenvalue weighted by Gasteiger charge is -2.46.